The highest BCUT2D eigenvalue weighted by atomic mass is 19.1. The first-order chi connectivity index (χ1) is 10.3. The minimum atomic E-state index is -0.234. The Labute approximate surface area is 126 Å². The van der Waals surface area contributed by atoms with Gasteiger partial charge in [0.1, 0.15) is 11.6 Å². The summed E-state index contributed by atoms with van der Waals surface area (Å²) in [7, 11) is 0. The molecule has 2 nitrogen and oxygen atoms in total. The summed E-state index contributed by atoms with van der Waals surface area (Å²) < 4.78 is 18.6. The average Bonchev–Trinajstić information content (AvgIpc) is 2.52. The summed E-state index contributed by atoms with van der Waals surface area (Å²) in [5.41, 5.74) is 1.73. The summed E-state index contributed by atoms with van der Waals surface area (Å²) in [6.45, 7) is 2.95. The normalized spacial score (nSPS) is 10.6. The van der Waals surface area contributed by atoms with Crippen LogP contribution in [0.25, 0.3) is 11.3 Å². The van der Waals surface area contributed by atoms with Gasteiger partial charge in [-0.3, -0.25) is 4.98 Å². The number of nitrogens with zero attached hydrogens (tertiary/aromatic N) is 1. The van der Waals surface area contributed by atoms with Crippen LogP contribution in [0.15, 0.2) is 42.6 Å². The Kier molecular flexibility index (Phi) is 6.20. The summed E-state index contributed by atoms with van der Waals surface area (Å²) in [6, 6.07) is 10.2. The van der Waals surface area contributed by atoms with Gasteiger partial charge in [0.25, 0.3) is 0 Å². The predicted octanol–water partition coefficient (Wildman–Crippen LogP) is 5.24. The van der Waals surface area contributed by atoms with Gasteiger partial charge in [0.2, 0.25) is 0 Å². The van der Waals surface area contributed by atoms with Gasteiger partial charge < -0.3 is 4.74 Å². The Morgan fingerprint density at radius 1 is 0.952 bits per heavy atom. The Hall–Kier alpha value is -1.90. The van der Waals surface area contributed by atoms with Gasteiger partial charge >= 0.3 is 0 Å². The van der Waals surface area contributed by atoms with Crippen LogP contribution in [0.2, 0.25) is 0 Å². The molecule has 0 fully saturated rings. The SMILES string of the molecule is CCCCCCCOc1ccc(-c2ccc(F)cc2)nc1. The van der Waals surface area contributed by atoms with E-state index in [0.717, 1.165) is 30.0 Å². The fourth-order valence-electron chi connectivity index (χ4n) is 2.15. The van der Waals surface area contributed by atoms with Crippen molar-refractivity contribution in [1.29, 1.82) is 0 Å². The van der Waals surface area contributed by atoms with Crippen molar-refractivity contribution >= 4 is 0 Å². The van der Waals surface area contributed by atoms with Crippen molar-refractivity contribution in [3.63, 3.8) is 0 Å². The molecule has 1 aromatic heterocycles. The Balaban J connectivity index is 1.80. The lowest BCUT2D eigenvalue weighted by Crippen LogP contribution is -1.98. The van der Waals surface area contributed by atoms with E-state index in [1.807, 2.05) is 12.1 Å². The van der Waals surface area contributed by atoms with Gasteiger partial charge in [-0.2, -0.15) is 0 Å². The maximum atomic E-state index is 12.9. The summed E-state index contributed by atoms with van der Waals surface area (Å²) >= 11 is 0. The van der Waals surface area contributed by atoms with Crippen LogP contribution in [-0.2, 0) is 0 Å². The minimum absolute atomic E-state index is 0.234. The molecule has 0 spiro atoms. The molecule has 0 saturated carbocycles. The van der Waals surface area contributed by atoms with E-state index in [4.69, 9.17) is 4.74 Å². The fraction of sp³-hybridized carbons (Fsp3) is 0.389. The van der Waals surface area contributed by atoms with E-state index >= 15 is 0 Å². The fourth-order valence-corrected chi connectivity index (χ4v) is 2.15. The highest BCUT2D eigenvalue weighted by Gasteiger charge is 2.01. The number of benzene rings is 1. The summed E-state index contributed by atoms with van der Waals surface area (Å²) in [5.74, 6) is 0.554. The Morgan fingerprint density at radius 2 is 1.71 bits per heavy atom. The van der Waals surface area contributed by atoms with Crippen molar-refractivity contribution in [3.8, 4) is 17.0 Å². The van der Waals surface area contributed by atoms with Crippen LogP contribution in [0.4, 0.5) is 4.39 Å². The summed E-state index contributed by atoms with van der Waals surface area (Å²) in [4.78, 5) is 4.36. The molecule has 0 aliphatic rings. The van der Waals surface area contributed by atoms with E-state index in [1.54, 1.807) is 18.3 Å². The van der Waals surface area contributed by atoms with Gasteiger partial charge in [-0.05, 0) is 42.8 Å². The number of pyridine rings is 1. The molecule has 3 heteroatoms. The highest BCUT2D eigenvalue weighted by Crippen LogP contribution is 2.20. The van der Waals surface area contributed by atoms with E-state index in [-0.39, 0.29) is 5.82 Å². The maximum Gasteiger partial charge on any atom is 0.137 e. The molecule has 2 aromatic rings. The van der Waals surface area contributed by atoms with Crippen LogP contribution >= 0.6 is 0 Å². The second kappa shape index (κ2) is 8.40. The smallest absolute Gasteiger partial charge is 0.137 e. The molecule has 0 N–H and O–H groups in total. The minimum Gasteiger partial charge on any atom is -0.492 e. The molecule has 0 atom stereocenters. The molecule has 0 saturated heterocycles. The van der Waals surface area contributed by atoms with E-state index in [2.05, 4.69) is 11.9 Å². The lowest BCUT2D eigenvalue weighted by atomic mass is 10.1. The van der Waals surface area contributed by atoms with Gasteiger partial charge in [-0.15, -0.1) is 0 Å². The number of aromatic nitrogens is 1. The maximum absolute atomic E-state index is 12.9. The number of unbranched alkanes of at least 4 members (excludes halogenated alkanes) is 4. The second-order valence-corrected chi connectivity index (χ2v) is 5.15. The van der Waals surface area contributed by atoms with Crippen LogP contribution in [0.5, 0.6) is 5.75 Å². The molecule has 0 aliphatic heterocycles. The molecule has 0 bridgehead atoms. The van der Waals surface area contributed by atoms with Crippen LogP contribution in [0.1, 0.15) is 39.0 Å². The third kappa shape index (κ3) is 5.18. The third-order valence-corrected chi connectivity index (χ3v) is 3.39. The van der Waals surface area contributed by atoms with E-state index < -0.39 is 0 Å². The lowest BCUT2D eigenvalue weighted by molar-refractivity contribution is 0.303. The van der Waals surface area contributed by atoms with Crippen LogP contribution in [-0.4, -0.2) is 11.6 Å². The highest BCUT2D eigenvalue weighted by molar-refractivity contribution is 5.59. The molecular formula is C18H22FNO. The van der Waals surface area contributed by atoms with Gasteiger partial charge in [0, 0.05) is 5.56 Å². The largest absolute Gasteiger partial charge is 0.492 e. The van der Waals surface area contributed by atoms with Gasteiger partial charge in [0.15, 0.2) is 0 Å². The number of hydrogen-bond donors (Lipinski definition) is 0. The van der Waals surface area contributed by atoms with E-state index in [1.165, 1.54) is 37.8 Å². The van der Waals surface area contributed by atoms with E-state index in [0.29, 0.717) is 0 Å². The molecule has 1 heterocycles. The van der Waals surface area contributed by atoms with Crippen molar-refractivity contribution in [2.75, 3.05) is 6.61 Å². The zero-order valence-corrected chi connectivity index (χ0v) is 12.5. The molecule has 21 heavy (non-hydrogen) atoms. The first-order valence-corrected chi connectivity index (χ1v) is 7.64. The third-order valence-electron chi connectivity index (χ3n) is 3.39. The first-order valence-electron chi connectivity index (χ1n) is 7.64. The van der Waals surface area contributed by atoms with Crippen molar-refractivity contribution < 1.29 is 9.13 Å². The van der Waals surface area contributed by atoms with Crippen molar-refractivity contribution in [2.24, 2.45) is 0 Å². The zero-order chi connectivity index (χ0) is 14.9. The average molecular weight is 287 g/mol. The molecule has 112 valence electrons. The molecule has 1 aromatic carbocycles. The van der Waals surface area contributed by atoms with E-state index in [9.17, 15) is 4.39 Å². The second-order valence-electron chi connectivity index (χ2n) is 5.15. The summed E-state index contributed by atoms with van der Waals surface area (Å²) in [6.07, 6.45) is 7.87. The Bertz CT molecular complexity index is 522. The summed E-state index contributed by atoms with van der Waals surface area (Å²) in [5, 5.41) is 0. The van der Waals surface area contributed by atoms with Crippen molar-refractivity contribution in [2.45, 2.75) is 39.0 Å². The molecule has 0 radical (unpaired) electrons. The van der Waals surface area contributed by atoms with Gasteiger partial charge in [0.05, 0.1) is 18.5 Å². The Morgan fingerprint density at radius 3 is 2.38 bits per heavy atom. The van der Waals surface area contributed by atoms with Crippen molar-refractivity contribution in [1.82, 2.24) is 4.98 Å². The van der Waals surface area contributed by atoms with Crippen LogP contribution < -0.4 is 4.74 Å². The number of ether oxygens (including phenoxy) is 1. The zero-order valence-electron chi connectivity index (χ0n) is 12.5. The predicted molar refractivity (Wildman–Crippen MR) is 83.9 cm³/mol. The molecule has 0 aliphatic carbocycles. The van der Waals surface area contributed by atoms with Crippen LogP contribution in [0.3, 0.4) is 0 Å². The van der Waals surface area contributed by atoms with Crippen molar-refractivity contribution in [3.05, 3.63) is 48.4 Å². The number of hydrogen-bond acceptors (Lipinski definition) is 2. The molecule has 0 unspecified atom stereocenters. The molecule has 0 amide bonds. The topological polar surface area (TPSA) is 22.1 Å². The first kappa shape index (κ1) is 15.5. The molecular weight excluding hydrogens is 265 g/mol. The monoisotopic (exact) mass is 287 g/mol. The molecule has 2 rings (SSSR count). The van der Waals surface area contributed by atoms with Gasteiger partial charge in [-0.25, -0.2) is 4.39 Å². The lowest BCUT2D eigenvalue weighted by Gasteiger charge is -2.07. The number of rotatable bonds is 8. The standard InChI is InChI=1S/C18H22FNO/c1-2-3-4-5-6-13-21-17-11-12-18(20-14-17)15-7-9-16(19)10-8-15/h7-12,14H,2-6,13H2,1H3. The van der Waals surface area contributed by atoms with Gasteiger partial charge in [-0.1, -0.05) is 32.6 Å². The quantitative estimate of drug-likeness (QED) is 0.620. The number of halogens is 1. The van der Waals surface area contributed by atoms with Crippen LogP contribution in [0, 0.1) is 5.82 Å².